The molecule has 0 N–H and O–H groups in total. The standard InChI is InChI=1S/C18H16N2O5S/c1-22-13-7-5-12(14(10-13)23-2)6-8-17(21)24-11-16-19-18(20-25-16)15-4-3-9-26-15/h3-10H,11H2,1-2H3/b8-6+. The van der Waals surface area contributed by atoms with Crippen LogP contribution in [0.1, 0.15) is 11.5 Å². The van der Waals surface area contributed by atoms with E-state index in [1.165, 1.54) is 17.4 Å². The minimum Gasteiger partial charge on any atom is -0.497 e. The number of methoxy groups -OCH3 is 2. The maximum absolute atomic E-state index is 11.9. The highest BCUT2D eigenvalue weighted by molar-refractivity contribution is 7.13. The fourth-order valence-corrected chi connectivity index (χ4v) is 2.76. The number of carbonyl (C=O) groups excluding carboxylic acids is 1. The number of hydrogen-bond donors (Lipinski definition) is 0. The molecule has 0 aliphatic rings. The van der Waals surface area contributed by atoms with Crippen LogP contribution in [0.15, 0.2) is 46.3 Å². The topological polar surface area (TPSA) is 83.7 Å². The Hall–Kier alpha value is -3.13. The lowest BCUT2D eigenvalue weighted by Gasteiger charge is -2.07. The van der Waals surface area contributed by atoms with Gasteiger partial charge in [-0.3, -0.25) is 0 Å². The number of benzene rings is 1. The number of ether oxygens (including phenoxy) is 3. The number of hydrogen-bond acceptors (Lipinski definition) is 8. The van der Waals surface area contributed by atoms with Crippen molar-refractivity contribution in [2.45, 2.75) is 6.61 Å². The molecule has 0 atom stereocenters. The normalized spacial score (nSPS) is 10.8. The van der Waals surface area contributed by atoms with Gasteiger partial charge in [0.25, 0.3) is 5.89 Å². The van der Waals surface area contributed by atoms with Crippen molar-refractivity contribution in [2.75, 3.05) is 14.2 Å². The molecular weight excluding hydrogens is 356 g/mol. The molecular formula is C18H16N2O5S. The maximum atomic E-state index is 11.9. The van der Waals surface area contributed by atoms with Gasteiger partial charge in [-0.2, -0.15) is 4.98 Å². The summed E-state index contributed by atoms with van der Waals surface area (Å²) in [6.45, 7) is -0.0959. The smallest absolute Gasteiger partial charge is 0.331 e. The third kappa shape index (κ3) is 4.28. The summed E-state index contributed by atoms with van der Waals surface area (Å²) >= 11 is 1.50. The molecule has 0 radical (unpaired) electrons. The summed E-state index contributed by atoms with van der Waals surface area (Å²) < 4.78 is 20.6. The molecule has 0 spiro atoms. The van der Waals surface area contributed by atoms with E-state index >= 15 is 0 Å². The summed E-state index contributed by atoms with van der Waals surface area (Å²) in [4.78, 5) is 17.0. The van der Waals surface area contributed by atoms with Gasteiger partial charge in [-0.05, 0) is 29.7 Å². The van der Waals surface area contributed by atoms with E-state index in [0.717, 1.165) is 10.4 Å². The van der Waals surface area contributed by atoms with Crippen LogP contribution in [0, 0.1) is 0 Å². The highest BCUT2D eigenvalue weighted by atomic mass is 32.1. The minimum atomic E-state index is -0.529. The van der Waals surface area contributed by atoms with E-state index in [1.54, 1.807) is 38.5 Å². The molecule has 2 heterocycles. The Bertz CT molecular complexity index is 902. The van der Waals surface area contributed by atoms with Crippen LogP contribution in [0.3, 0.4) is 0 Å². The highest BCUT2D eigenvalue weighted by Gasteiger charge is 2.11. The first-order chi connectivity index (χ1) is 12.7. The van der Waals surface area contributed by atoms with Gasteiger partial charge in [0, 0.05) is 17.7 Å². The van der Waals surface area contributed by atoms with Crippen LogP contribution in [-0.2, 0) is 16.1 Å². The largest absolute Gasteiger partial charge is 0.497 e. The molecule has 0 amide bonds. The number of carbonyl (C=O) groups is 1. The van der Waals surface area contributed by atoms with Gasteiger partial charge in [0.2, 0.25) is 5.82 Å². The van der Waals surface area contributed by atoms with E-state index in [-0.39, 0.29) is 12.5 Å². The summed E-state index contributed by atoms with van der Waals surface area (Å²) in [7, 11) is 3.12. The molecule has 26 heavy (non-hydrogen) atoms. The summed E-state index contributed by atoms with van der Waals surface area (Å²) in [5, 5.41) is 5.78. The van der Waals surface area contributed by atoms with E-state index < -0.39 is 5.97 Å². The third-order valence-electron chi connectivity index (χ3n) is 3.39. The summed E-state index contributed by atoms with van der Waals surface area (Å²) in [5.41, 5.74) is 0.725. The number of nitrogens with zero attached hydrogens (tertiary/aromatic N) is 2. The van der Waals surface area contributed by atoms with E-state index in [1.807, 2.05) is 17.5 Å². The number of rotatable bonds is 7. The van der Waals surface area contributed by atoms with Crippen molar-refractivity contribution in [3.8, 4) is 22.2 Å². The third-order valence-corrected chi connectivity index (χ3v) is 4.25. The van der Waals surface area contributed by atoms with E-state index in [9.17, 15) is 4.79 Å². The first-order valence-electron chi connectivity index (χ1n) is 7.63. The van der Waals surface area contributed by atoms with Crippen molar-refractivity contribution in [2.24, 2.45) is 0 Å². The Morgan fingerprint density at radius 3 is 2.88 bits per heavy atom. The van der Waals surface area contributed by atoms with Gasteiger partial charge in [0.15, 0.2) is 6.61 Å². The molecule has 0 unspecified atom stereocenters. The predicted molar refractivity (Wildman–Crippen MR) is 96.0 cm³/mol. The number of thiophene rings is 1. The molecule has 0 aliphatic heterocycles. The fraction of sp³-hybridized carbons (Fsp3) is 0.167. The van der Waals surface area contributed by atoms with Crippen LogP contribution in [-0.4, -0.2) is 30.3 Å². The minimum absolute atomic E-state index is 0.0959. The second kappa shape index (κ2) is 8.30. The Morgan fingerprint density at radius 1 is 1.27 bits per heavy atom. The van der Waals surface area contributed by atoms with Crippen molar-refractivity contribution in [1.82, 2.24) is 10.1 Å². The fourth-order valence-electron chi connectivity index (χ4n) is 2.11. The van der Waals surface area contributed by atoms with Crippen LogP contribution in [0.5, 0.6) is 11.5 Å². The molecule has 0 saturated carbocycles. The molecule has 2 aromatic heterocycles. The number of aromatic nitrogens is 2. The lowest BCUT2D eigenvalue weighted by Crippen LogP contribution is -2.01. The molecule has 0 fully saturated rings. The first kappa shape index (κ1) is 17.7. The summed E-state index contributed by atoms with van der Waals surface area (Å²) in [6, 6.07) is 9.07. The molecule has 8 heteroatoms. The quantitative estimate of drug-likeness (QED) is 0.463. The molecule has 0 bridgehead atoms. The number of esters is 1. The summed E-state index contributed by atoms with van der Waals surface area (Å²) in [5.74, 6) is 1.44. The monoisotopic (exact) mass is 372 g/mol. The molecule has 1 aromatic carbocycles. The maximum Gasteiger partial charge on any atom is 0.331 e. The zero-order valence-corrected chi connectivity index (χ0v) is 15.0. The first-order valence-corrected chi connectivity index (χ1v) is 8.51. The van der Waals surface area contributed by atoms with E-state index in [4.69, 9.17) is 18.7 Å². The SMILES string of the molecule is COc1ccc(/C=C/C(=O)OCc2nc(-c3cccs3)no2)c(OC)c1. The van der Waals surface area contributed by atoms with Gasteiger partial charge < -0.3 is 18.7 Å². The van der Waals surface area contributed by atoms with E-state index in [2.05, 4.69) is 10.1 Å². The molecule has 134 valence electrons. The van der Waals surface area contributed by atoms with Crippen molar-refractivity contribution < 1.29 is 23.5 Å². The predicted octanol–water partition coefficient (Wildman–Crippen LogP) is 3.57. The second-order valence-electron chi connectivity index (χ2n) is 5.04. The molecule has 0 saturated heterocycles. The Kier molecular flexibility index (Phi) is 5.65. The summed E-state index contributed by atoms with van der Waals surface area (Å²) in [6.07, 6.45) is 2.91. The van der Waals surface area contributed by atoms with Gasteiger partial charge >= 0.3 is 5.97 Å². The Balaban J connectivity index is 1.58. The molecule has 3 aromatic rings. The van der Waals surface area contributed by atoms with Crippen molar-refractivity contribution in [3.63, 3.8) is 0 Å². The highest BCUT2D eigenvalue weighted by Crippen LogP contribution is 2.25. The van der Waals surface area contributed by atoms with Crippen LogP contribution in [0.25, 0.3) is 16.8 Å². The van der Waals surface area contributed by atoms with Crippen LogP contribution < -0.4 is 9.47 Å². The van der Waals surface area contributed by atoms with Crippen molar-refractivity contribution in [1.29, 1.82) is 0 Å². The van der Waals surface area contributed by atoms with Crippen LogP contribution in [0.2, 0.25) is 0 Å². The zero-order chi connectivity index (χ0) is 18.4. The Morgan fingerprint density at radius 2 is 2.15 bits per heavy atom. The average Bonchev–Trinajstić information content (AvgIpc) is 3.35. The molecule has 0 aliphatic carbocycles. The second-order valence-corrected chi connectivity index (χ2v) is 5.99. The van der Waals surface area contributed by atoms with Gasteiger partial charge in [-0.15, -0.1) is 11.3 Å². The van der Waals surface area contributed by atoms with Gasteiger partial charge in [0.05, 0.1) is 19.1 Å². The van der Waals surface area contributed by atoms with Gasteiger partial charge in [-0.25, -0.2) is 4.79 Å². The Labute approximate surface area is 153 Å². The van der Waals surface area contributed by atoms with Crippen LogP contribution >= 0.6 is 11.3 Å². The average molecular weight is 372 g/mol. The van der Waals surface area contributed by atoms with Gasteiger partial charge in [0.1, 0.15) is 11.5 Å². The van der Waals surface area contributed by atoms with Crippen molar-refractivity contribution in [3.05, 3.63) is 53.2 Å². The van der Waals surface area contributed by atoms with Crippen molar-refractivity contribution >= 4 is 23.4 Å². The molecule has 7 nitrogen and oxygen atoms in total. The zero-order valence-electron chi connectivity index (χ0n) is 14.2. The van der Waals surface area contributed by atoms with E-state index in [0.29, 0.717) is 17.3 Å². The lowest BCUT2D eigenvalue weighted by molar-refractivity contribution is -0.139. The van der Waals surface area contributed by atoms with Gasteiger partial charge in [-0.1, -0.05) is 11.2 Å². The lowest BCUT2D eigenvalue weighted by atomic mass is 10.2. The molecule has 3 rings (SSSR count). The van der Waals surface area contributed by atoms with Crippen LogP contribution in [0.4, 0.5) is 0 Å².